The molecule has 1 aromatic heterocycles. The number of rotatable bonds is 18. The molecule has 7 rings (SSSR count). The first-order valence-corrected chi connectivity index (χ1v) is 19.3. The van der Waals surface area contributed by atoms with Crippen LogP contribution >= 0.6 is 0 Å². The molecule has 0 aliphatic carbocycles. The van der Waals surface area contributed by atoms with Gasteiger partial charge in [0.1, 0.15) is 36.6 Å². The molecule has 0 saturated carbocycles. The van der Waals surface area contributed by atoms with Crippen molar-refractivity contribution in [3.63, 3.8) is 0 Å². The minimum atomic E-state index is -0.891. The molecule has 56 heavy (non-hydrogen) atoms. The van der Waals surface area contributed by atoms with Gasteiger partial charge < -0.3 is 39.1 Å². The first-order valence-electron chi connectivity index (χ1n) is 19.3. The van der Waals surface area contributed by atoms with Crippen molar-refractivity contribution >= 4 is 16.9 Å². The number of carbonyl (C=O) groups excluding carboxylic acids is 1. The molecule has 0 radical (unpaired) electrons. The van der Waals surface area contributed by atoms with Crippen LogP contribution in [0.1, 0.15) is 46.5 Å². The van der Waals surface area contributed by atoms with E-state index in [-0.39, 0.29) is 19.6 Å². The Kier molecular flexibility index (Phi) is 13.7. The molecule has 1 unspecified atom stereocenters. The van der Waals surface area contributed by atoms with Gasteiger partial charge in [0.25, 0.3) is 0 Å². The maximum Gasteiger partial charge on any atom is 0.323 e. The van der Waals surface area contributed by atoms with E-state index in [0.717, 1.165) is 44.4 Å². The van der Waals surface area contributed by atoms with Crippen LogP contribution in [0.2, 0.25) is 0 Å². The minimum Gasteiger partial charge on any atom is -0.465 e. The highest BCUT2D eigenvalue weighted by atomic mass is 16.6. The van der Waals surface area contributed by atoms with Gasteiger partial charge in [-0.05, 0) is 40.8 Å². The molecule has 0 amide bonds. The molecule has 1 aliphatic rings. The molecular weight excluding hydrogens is 705 g/mol. The van der Waals surface area contributed by atoms with Gasteiger partial charge in [0.2, 0.25) is 0 Å². The van der Waals surface area contributed by atoms with Crippen LogP contribution < -0.4 is 5.73 Å². The quantitative estimate of drug-likeness (QED) is 0.0849. The lowest BCUT2D eigenvalue weighted by Crippen LogP contribution is -2.58. The predicted octanol–water partition coefficient (Wildman–Crippen LogP) is 8.01. The van der Waals surface area contributed by atoms with Gasteiger partial charge in [-0.15, -0.1) is 0 Å². The molecule has 6 atom stereocenters. The fraction of sp³-hybridized carbons (Fsp3) is 0.298. The monoisotopic (exact) mass is 754 g/mol. The highest BCUT2D eigenvalue weighted by Gasteiger charge is 2.50. The molecule has 1 fully saturated rings. The van der Waals surface area contributed by atoms with E-state index < -0.39 is 42.5 Å². The maximum absolute atomic E-state index is 12.9. The average molecular weight is 755 g/mol. The molecule has 290 valence electrons. The van der Waals surface area contributed by atoms with Crippen LogP contribution in [0, 0.1) is 0 Å². The number of fused-ring (bicyclic) bond motifs is 1. The van der Waals surface area contributed by atoms with Crippen LogP contribution in [-0.4, -0.2) is 54.6 Å². The topological polar surface area (TPSA) is 114 Å². The van der Waals surface area contributed by atoms with Gasteiger partial charge in [0.15, 0.2) is 0 Å². The van der Waals surface area contributed by atoms with Gasteiger partial charge in [0.05, 0.1) is 45.3 Å². The summed E-state index contributed by atoms with van der Waals surface area (Å²) in [5.41, 5.74) is 13.1. The van der Waals surface area contributed by atoms with Crippen LogP contribution in [-0.2, 0) is 66.1 Å². The van der Waals surface area contributed by atoms with Crippen LogP contribution in [0.15, 0.2) is 146 Å². The number of esters is 1. The van der Waals surface area contributed by atoms with E-state index in [4.69, 9.17) is 34.2 Å². The second kappa shape index (κ2) is 19.6. The molecule has 0 spiro atoms. The van der Waals surface area contributed by atoms with Crippen molar-refractivity contribution in [3.05, 3.63) is 179 Å². The van der Waals surface area contributed by atoms with Gasteiger partial charge in [0, 0.05) is 17.3 Å². The van der Waals surface area contributed by atoms with E-state index in [1.807, 2.05) is 146 Å². The van der Waals surface area contributed by atoms with E-state index in [2.05, 4.69) is 4.98 Å². The summed E-state index contributed by atoms with van der Waals surface area (Å²) < 4.78 is 39.8. The number of hydrogen-bond donors (Lipinski definition) is 2. The third-order valence-electron chi connectivity index (χ3n) is 10.0. The summed E-state index contributed by atoms with van der Waals surface area (Å²) >= 11 is 0. The van der Waals surface area contributed by atoms with Crippen molar-refractivity contribution in [3.8, 4) is 0 Å². The predicted molar refractivity (Wildman–Crippen MR) is 215 cm³/mol. The zero-order valence-corrected chi connectivity index (χ0v) is 31.7. The highest BCUT2D eigenvalue weighted by molar-refractivity contribution is 5.86. The molecule has 9 nitrogen and oxygen atoms in total. The lowest BCUT2D eigenvalue weighted by atomic mass is 9.89. The SMILES string of the molecule is CCOC(=O)C(N)Cc1c([C@@H]2O[C@H](COCc3ccccc3)[C@@H](OCc3ccccc3)[C@H](OCc3ccccc3)[C@@H]2OCc2ccccc2)[nH]c2ccccc12. The number of carbonyl (C=O) groups is 1. The largest absolute Gasteiger partial charge is 0.465 e. The van der Waals surface area contributed by atoms with Crippen LogP contribution in [0.25, 0.3) is 10.9 Å². The molecule has 9 heteroatoms. The van der Waals surface area contributed by atoms with Crippen LogP contribution in [0.3, 0.4) is 0 Å². The molecule has 3 N–H and O–H groups in total. The van der Waals surface area contributed by atoms with Crippen LogP contribution in [0.4, 0.5) is 0 Å². The summed E-state index contributed by atoms with van der Waals surface area (Å²) in [6.07, 6.45) is -2.94. The Bertz CT molecular complexity index is 2080. The number of hydrogen-bond acceptors (Lipinski definition) is 8. The maximum atomic E-state index is 12.9. The second-order valence-corrected chi connectivity index (χ2v) is 14.0. The second-order valence-electron chi connectivity index (χ2n) is 14.0. The Hall–Kier alpha value is -5.13. The lowest BCUT2D eigenvalue weighted by molar-refractivity contribution is -0.275. The molecule has 5 aromatic carbocycles. The average Bonchev–Trinajstić information content (AvgIpc) is 3.61. The van der Waals surface area contributed by atoms with Crippen LogP contribution in [0.5, 0.6) is 0 Å². The minimum absolute atomic E-state index is 0.222. The molecule has 1 saturated heterocycles. The number of aromatic amines is 1. The van der Waals surface area contributed by atoms with Gasteiger partial charge in [-0.1, -0.05) is 140 Å². The normalized spacial score (nSPS) is 20.1. The van der Waals surface area contributed by atoms with Crippen molar-refractivity contribution in [1.29, 1.82) is 0 Å². The van der Waals surface area contributed by atoms with E-state index in [0.29, 0.717) is 26.4 Å². The molecule has 6 aromatic rings. The summed E-state index contributed by atoms with van der Waals surface area (Å²) in [6.45, 7) is 3.58. The van der Waals surface area contributed by atoms with Crippen molar-refractivity contribution in [2.24, 2.45) is 5.73 Å². The van der Waals surface area contributed by atoms with Gasteiger partial charge in [-0.25, -0.2) is 0 Å². The van der Waals surface area contributed by atoms with Gasteiger partial charge in [-0.3, -0.25) is 4.79 Å². The van der Waals surface area contributed by atoms with Crippen molar-refractivity contribution < 1.29 is 33.2 Å². The fourth-order valence-corrected chi connectivity index (χ4v) is 7.26. The number of aromatic nitrogens is 1. The Labute approximate surface area is 328 Å². The fourth-order valence-electron chi connectivity index (χ4n) is 7.26. The first kappa shape index (κ1) is 39.1. The smallest absolute Gasteiger partial charge is 0.323 e. The summed E-state index contributed by atoms with van der Waals surface area (Å²) in [5, 5.41) is 0.939. The van der Waals surface area contributed by atoms with Crippen molar-refractivity contribution in [2.45, 2.75) is 76.3 Å². The molecular formula is C47H50N2O7. The van der Waals surface area contributed by atoms with E-state index in [1.54, 1.807) is 6.92 Å². The van der Waals surface area contributed by atoms with E-state index >= 15 is 0 Å². The highest BCUT2D eigenvalue weighted by Crippen LogP contribution is 2.41. The summed E-state index contributed by atoms with van der Waals surface area (Å²) in [5.74, 6) is -0.462. The standard InChI is InChI=1S/C47H50N2O7/c1-2-52-47(50)39(48)27-38-37-25-15-16-26-40(37)49-42(38)44-46(55-31-36-23-13-6-14-24-36)45(54-30-35-21-11-5-12-22-35)43(53-29-34-19-9-4-10-20-34)41(56-44)32-51-28-33-17-7-3-8-18-33/h3-26,39,41,43-46,49H,2,27-32,48H2,1H3/t39?,41-,43-,44+,45+,46-/m1/s1. The summed E-state index contributed by atoms with van der Waals surface area (Å²) in [4.78, 5) is 16.6. The van der Waals surface area contributed by atoms with E-state index in [9.17, 15) is 4.79 Å². The third kappa shape index (κ3) is 9.99. The zero-order chi connectivity index (χ0) is 38.5. The van der Waals surface area contributed by atoms with Crippen molar-refractivity contribution in [1.82, 2.24) is 4.98 Å². The first-order chi connectivity index (χ1) is 27.6. The molecule has 0 bridgehead atoms. The Balaban J connectivity index is 1.31. The number of H-pyrrole nitrogens is 1. The Morgan fingerprint density at radius 3 is 1.68 bits per heavy atom. The summed E-state index contributed by atoms with van der Waals surface area (Å²) in [6, 6.07) is 47.4. The van der Waals surface area contributed by atoms with Crippen molar-refractivity contribution in [2.75, 3.05) is 13.2 Å². The third-order valence-corrected chi connectivity index (χ3v) is 10.0. The summed E-state index contributed by atoms with van der Waals surface area (Å²) in [7, 11) is 0. The zero-order valence-electron chi connectivity index (χ0n) is 31.7. The van der Waals surface area contributed by atoms with Gasteiger partial charge in [-0.2, -0.15) is 0 Å². The number of para-hydroxylation sites is 1. The number of nitrogens with one attached hydrogen (secondary N) is 1. The number of benzene rings is 5. The lowest BCUT2D eigenvalue weighted by Gasteiger charge is -2.46. The Morgan fingerprint density at radius 2 is 1.12 bits per heavy atom. The Morgan fingerprint density at radius 1 is 0.643 bits per heavy atom. The number of nitrogens with two attached hydrogens (primary N) is 1. The molecule has 2 heterocycles. The van der Waals surface area contributed by atoms with E-state index in [1.165, 1.54) is 0 Å². The molecule has 1 aliphatic heterocycles. The number of ether oxygens (including phenoxy) is 6. The van der Waals surface area contributed by atoms with Gasteiger partial charge >= 0.3 is 5.97 Å².